The van der Waals surface area contributed by atoms with E-state index in [1.807, 2.05) is 47.0 Å². The molecule has 3 aromatic rings. The predicted molar refractivity (Wildman–Crippen MR) is 136 cm³/mol. The monoisotopic (exact) mass is 570 g/mol. The lowest BCUT2D eigenvalue weighted by molar-refractivity contribution is 0.0505. The van der Waals surface area contributed by atoms with E-state index in [2.05, 4.69) is 25.8 Å². The first kappa shape index (κ1) is 24.5. The van der Waals surface area contributed by atoms with Crippen LogP contribution in [-0.4, -0.2) is 54.5 Å². The smallest absolute Gasteiger partial charge is 0.191 e. The van der Waals surface area contributed by atoms with E-state index in [0.29, 0.717) is 37.3 Å². The summed E-state index contributed by atoms with van der Waals surface area (Å²) in [6, 6.07) is 11.6. The Morgan fingerprint density at radius 3 is 2.78 bits per heavy atom. The third kappa shape index (κ3) is 5.26. The molecule has 32 heavy (non-hydrogen) atoms. The molecule has 0 unspecified atom stereocenters. The fourth-order valence-corrected chi connectivity index (χ4v) is 4.22. The molecule has 1 aliphatic rings. The Kier molecular flexibility index (Phi) is 8.55. The van der Waals surface area contributed by atoms with E-state index in [9.17, 15) is 0 Å². The van der Waals surface area contributed by atoms with Crippen molar-refractivity contribution in [2.24, 2.45) is 4.99 Å². The summed E-state index contributed by atoms with van der Waals surface area (Å²) in [5.41, 5.74) is 1.74. The summed E-state index contributed by atoms with van der Waals surface area (Å²) in [4.78, 5) is 4.39. The van der Waals surface area contributed by atoms with E-state index in [1.165, 1.54) is 0 Å². The van der Waals surface area contributed by atoms with Gasteiger partial charge < -0.3 is 20.1 Å². The van der Waals surface area contributed by atoms with Crippen molar-refractivity contribution in [3.05, 3.63) is 59.0 Å². The summed E-state index contributed by atoms with van der Waals surface area (Å²) < 4.78 is 13.3. The molecule has 0 saturated carbocycles. The van der Waals surface area contributed by atoms with Gasteiger partial charge in [-0.2, -0.15) is 0 Å². The molecule has 1 fully saturated rings. The van der Waals surface area contributed by atoms with Gasteiger partial charge in [0.25, 0.3) is 0 Å². The van der Waals surface area contributed by atoms with Crippen molar-refractivity contribution in [1.82, 2.24) is 25.2 Å². The van der Waals surface area contributed by atoms with Crippen molar-refractivity contribution in [3.8, 4) is 5.75 Å². The van der Waals surface area contributed by atoms with Crippen LogP contribution < -0.4 is 15.4 Å². The second-order valence-corrected chi connectivity index (χ2v) is 8.00. The van der Waals surface area contributed by atoms with Gasteiger partial charge >= 0.3 is 0 Å². The molecule has 1 aromatic carbocycles. The number of ether oxygens (including phenoxy) is 2. The van der Waals surface area contributed by atoms with Crippen molar-refractivity contribution < 1.29 is 9.47 Å². The number of fused-ring (bicyclic) bond motifs is 1. The summed E-state index contributed by atoms with van der Waals surface area (Å²) >= 11 is 6.34. The second kappa shape index (κ2) is 11.2. The molecule has 0 bridgehead atoms. The first-order valence-corrected chi connectivity index (χ1v) is 10.7. The standard InChI is InChI=1S/C22H27ClN6O2.HI/c1-24-21(25-14-20-28-27-19-5-3-4-10-29(19)20)26-15-22(8-11-31-12-9-22)17-13-16(23)6-7-18(17)30-2;/h3-7,10,13H,8-9,11-12,14-15H2,1-2H3,(H2,24,25,26);1H. The van der Waals surface area contributed by atoms with E-state index >= 15 is 0 Å². The van der Waals surface area contributed by atoms with Gasteiger partial charge in [-0.25, -0.2) is 0 Å². The third-order valence-electron chi connectivity index (χ3n) is 5.80. The molecular formula is C22H28ClIN6O2. The lowest BCUT2D eigenvalue weighted by Gasteiger charge is -2.39. The molecule has 0 spiro atoms. The highest BCUT2D eigenvalue weighted by Crippen LogP contribution is 2.40. The maximum absolute atomic E-state index is 6.34. The normalized spacial score (nSPS) is 15.8. The number of hydrogen-bond acceptors (Lipinski definition) is 5. The largest absolute Gasteiger partial charge is 0.496 e. The van der Waals surface area contributed by atoms with Gasteiger partial charge in [0.1, 0.15) is 5.75 Å². The molecule has 4 rings (SSSR count). The van der Waals surface area contributed by atoms with E-state index in [-0.39, 0.29) is 29.4 Å². The number of nitrogens with zero attached hydrogens (tertiary/aromatic N) is 4. The van der Waals surface area contributed by atoms with Gasteiger partial charge in [-0.1, -0.05) is 17.7 Å². The number of methoxy groups -OCH3 is 1. The van der Waals surface area contributed by atoms with Gasteiger partial charge in [0, 0.05) is 49.0 Å². The van der Waals surface area contributed by atoms with Crippen LogP contribution in [0.25, 0.3) is 5.65 Å². The molecule has 1 saturated heterocycles. The fourth-order valence-electron chi connectivity index (χ4n) is 4.05. The maximum atomic E-state index is 6.34. The molecule has 2 aromatic heterocycles. The lowest BCUT2D eigenvalue weighted by Crippen LogP contribution is -2.48. The quantitative estimate of drug-likeness (QED) is 0.268. The summed E-state index contributed by atoms with van der Waals surface area (Å²) in [6.45, 7) is 2.55. The number of nitrogens with one attached hydrogen (secondary N) is 2. The van der Waals surface area contributed by atoms with Crippen LogP contribution in [0.5, 0.6) is 5.75 Å². The van der Waals surface area contributed by atoms with Gasteiger partial charge in [0.2, 0.25) is 0 Å². The zero-order valence-corrected chi connectivity index (χ0v) is 21.3. The first-order valence-electron chi connectivity index (χ1n) is 10.3. The highest BCUT2D eigenvalue weighted by molar-refractivity contribution is 14.0. The molecule has 1 aliphatic heterocycles. The molecule has 0 amide bonds. The number of pyridine rings is 1. The molecule has 8 nitrogen and oxygen atoms in total. The number of guanidine groups is 1. The Morgan fingerprint density at radius 2 is 2.03 bits per heavy atom. The summed E-state index contributed by atoms with van der Waals surface area (Å²) in [5.74, 6) is 2.35. The topological polar surface area (TPSA) is 85.1 Å². The van der Waals surface area contributed by atoms with Crippen molar-refractivity contribution in [1.29, 1.82) is 0 Å². The minimum absolute atomic E-state index is 0. The summed E-state index contributed by atoms with van der Waals surface area (Å²) in [7, 11) is 3.45. The minimum atomic E-state index is -0.173. The average Bonchev–Trinajstić information content (AvgIpc) is 3.23. The van der Waals surface area contributed by atoms with Crippen molar-refractivity contribution in [2.45, 2.75) is 24.8 Å². The number of benzene rings is 1. The minimum Gasteiger partial charge on any atom is -0.496 e. The molecule has 0 atom stereocenters. The fraction of sp³-hybridized carbons (Fsp3) is 0.409. The number of aromatic nitrogens is 3. The Morgan fingerprint density at radius 1 is 1.22 bits per heavy atom. The zero-order chi connectivity index (χ0) is 21.7. The van der Waals surface area contributed by atoms with Crippen LogP contribution in [0.4, 0.5) is 0 Å². The van der Waals surface area contributed by atoms with E-state index in [1.54, 1.807) is 14.2 Å². The third-order valence-corrected chi connectivity index (χ3v) is 6.03. The number of hydrogen-bond donors (Lipinski definition) is 2. The van der Waals surface area contributed by atoms with Crippen LogP contribution in [0.1, 0.15) is 24.2 Å². The Hall–Kier alpha value is -2.11. The Labute approximate surface area is 209 Å². The predicted octanol–water partition coefficient (Wildman–Crippen LogP) is 3.42. The van der Waals surface area contributed by atoms with Gasteiger partial charge in [0.15, 0.2) is 17.4 Å². The second-order valence-electron chi connectivity index (χ2n) is 7.56. The van der Waals surface area contributed by atoms with Crippen molar-refractivity contribution in [3.63, 3.8) is 0 Å². The maximum Gasteiger partial charge on any atom is 0.191 e. The van der Waals surface area contributed by atoms with Gasteiger partial charge in [-0.05, 0) is 43.2 Å². The van der Waals surface area contributed by atoms with Crippen molar-refractivity contribution >= 4 is 47.2 Å². The highest BCUT2D eigenvalue weighted by atomic mass is 127. The van der Waals surface area contributed by atoms with Crippen LogP contribution in [0.15, 0.2) is 47.6 Å². The van der Waals surface area contributed by atoms with Crippen LogP contribution in [0.2, 0.25) is 5.02 Å². The van der Waals surface area contributed by atoms with Crippen LogP contribution in [0, 0.1) is 0 Å². The molecule has 0 aliphatic carbocycles. The van der Waals surface area contributed by atoms with Gasteiger partial charge in [-0.15, -0.1) is 34.2 Å². The molecule has 10 heteroatoms. The Balaban J connectivity index is 0.00000289. The molecule has 3 heterocycles. The van der Waals surface area contributed by atoms with Crippen molar-refractivity contribution in [2.75, 3.05) is 33.9 Å². The van der Waals surface area contributed by atoms with E-state index in [4.69, 9.17) is 21.1 Å². The first-order chi connectivity index (χ1) is 15.1. The number of rotatable bonds is 6. The van der Waals surface area contributed by atoms with E-state index < -0.39 is 0 Å². The molecule has 0 radical (unpaired) electrons. The van der Waals surface area contributed by atoms with Gasteiger partial charge in [0.05, 0.1) is 13.7 Å². The molecule has 2 N–H and O–H groups in total. The molecular weight excluding hydrogens is 543 g/mol. The molecule has 172 valence electrons. The van der Waals surface area contributed by atoms with Gasteiger partial charge in [-0.3, -0.25) is 9.39 Å². The van der Waals surface area contributed by atoms with Crippen LogP contribution in [0.3, 0.4) is 0 Å². The Bertz CT molecular complexity index is 1070. The SMILES string of the molecule is CN=C(NCc1nnc2ccccn12)NCC1(c2cc(Cl)ccc2OC)CCOCC1.I. The zero-order valence-electron chi connectivity index (χ0n) is 18.2. The summed E-state index contributed by atoms with van der Waals surface area (Å²) in [5, 5.41) is 16.0. The van der Waals surface area contributed by atoms with Crippen LogP contribution in [-0.2, 0) is 16.7 Å². The van der Waals surface area contributed by atoms with Crippen LogP contribution >= 0.6 is 35.6 Å². The number of halogens is 2. The number of aliphatic imine (C=N–C) groups is 1. The van der Waals surface area contributed by atoms with E-state index in [0.717, 1.165) is 35.6 Å². The average molecular weight is 571 g/mol. The lowest BCUT2D eigenvalue weighted by atomic mass is 9.73. The summed E-state index contributed by atoms with van der Waals surface area (Å²) in [6.07, 6.45) is 3.68. The highest BCUT2D eigenvalue weighted by Gasteiger charge is 2.37.